The van der Waals surface area contributed by atoms with Crippen LogP contribution in [0.2, 0.25) is 0 Å². The lowest BCUT2D eigenvalue weighted by molar-refractivity contribution is 0.0632. The van der Waals surface area contributed by atoms with Crippen LogP contribution in [0.3, 0.4) is 0 Å². The molecule has 1 unspecified atom stereocenters. The summed E-state index contributed by atoms with van der Waals surface area (Å²) in [6.45, 7) is 1.57. The number of likely N-dealkylation sites (N-methyl/N-ethyl adjacent to an activating group) is 1. The first kappa shape index (κ1) is 14.7. The second-order valence-corrected chi connectivity index (χ2v) is 5.47. The van der Waals surface area contributed by atoms with E-state index >= 15 is 0 Å². The number of nitrogens with two attached hydrogens (primary N) is 1. The van der Waals surface area contributed by atoms with Gasteiger partial charge in [-0.05, 0) is 39.1 Å². The molecule has 0 aromatic heterocycles. The van der Waals surface area contributed by atoms with E-state index in [0.717, 1.165) is 25.9 Å². The van der Waals surface area contributed by atoms with Crippen LogP contribution in [0, 0.1) is 0 Å². The Kier molecular flexibility index (Phi) is 4.49. The van der Waals surface area contributed by atoms with Gasteiger partial charge in [-0.2, -0.15) is 0 Å². The summed E-state index contributed by atoms with van der Waals surface area (Å²) in [5, 5.41) is 0. The van der Waals surface area contributed by atoms with E-state index in [1.165, 1.54) is 0 Å². The van der Waals surface area contributed by atoms with Crippen molar-refractivity contribution in [2.75, 3.05) is 40.0 Å². The van der Waals surface area contributed by atoms with Crippen LogP contribution in [-0.2, 0) is 0 Å². The van der Waals surface area contributed by atoms with Crippen LogP contribution in [0.4, 0.5) is 5.69 Å². The van der Waals surface area contributed by atoms with E-state index in [0.29, 0.717) is 23.0 Å². The van der Waals surface area contributed by atoms with E-state index in [4.69, 9.17) is 10.5 Å². The lowest BCUT2D eigenvalue weighted by Crippen LogP contribution is -2.47. The van der Waals surface area contributed by atoms with Crippen molar-refractivity contribution in [3.63, 3.8) is 0 Å². The highest BCUT2D eigenvalue weighted by molar-refractivity contribution is 5.97. The van der Waals surface area contributed by atoms with E-state index in [-0.39, 0.29) is 5.91 Å². The molecule has 0 spiro atoms. The van der Waals surface area contributed by atoms with Gasteiger partial charge in [-0.3, -0.25) is 4.79 Å². The minimum absolute atomic E-state index is 0.0217. The quantitative estimate of drug-likeness (QED) is 0.849. The van der Waals surface area contributed by atoms with Gasteiger partial charge in [0.15, 0.2) is 0 Å². The molecule has 20 heavy (non-hydrogen) atoms. The topological polar surface area (TPSA) is 58.8 Å². The van der Waals surface area contributed by atoms with Crippen LogP contribution in [0.1, 0.15) is 23.2 Å². The summed E-state index contributed by atoms with van der Waals surface area (Å²) in [6.07, 6.45) is 2.17. The predicted octanol–water partition coefficient (Wildman–Crippen LogP) is 1.44. The molecule has 1 amide bonds. The zero-order valence-corrected chi connectivity index (χ0v) is 12.4. The normalized spacial score (nSPS) is 19.2. The third kappa shape index (κ3) is 3.04. The highest BCUT2D eigenvalue weighted by atomic mass is 16.5. The minimum atomic E-state index is 0.0217. The van der Waals surface area contributed by atoms with Crippen LogP contribution < -0.4 is 10.5 Å². The Morgan fingerprint density at radius 1 is 1.45 bits per heavy atom. The average Bonchev–Trinajstić information content (AvgIpc) is 2.46. The molecule has 0 saturated carbocycles. The molecule has 1 atom stereocenters. The molecule has 2 rings (SSSR count). The van der Waals surface area contributed by atoms with Crippen molar-refractivity contribution < 1.29 is 9.53 Å². The maximum Gasteiger partial charge on any atom is 0.257 e. The first-order valence-electron chi connectivity index (χ1n) is 6.92. The van der Waals surface area contributed by atoms with Gasteiger partial charge in [-0.15, -0.1) is 0 Å². The van der Waals surface area contributed by atoms with E-state index in [1.807, 2.05) is 4.90 Å². The number of carbonyl (C=O) groups is 1. The molecule has 1 aromatic carbocycles. The van der Waals surface area contributed by atoms with Crippen molar-refractivity contribution in [3.05, 3.63) is 23.8 Å². The number of methoxy groups -OCH3 is 1. The zero-order chi connectivity index (χ0) is 14.7. The fraction of sp³-hybridized carbons (Fsp3) is 0.533. The Morgan fingerprint density at radius 2 is 2.20 bits per heavy atom. The molecule has 1 aromatic rings. The molecule has 1 fully saturated rings. The van der Waals surface area contributed by atoms with Gasteiger partial charge in [0.1, 0.15) is 5.75 Å². The van der Waals surface area contributed by atoms with E-state index in [1.54, 1.807) is 25.3 Å². The molecular weight excluding hydrogens is 254 g/mol. The largest absolute Gasteiger partial charge is 0.496 e. The molecule has 5 nitrogen and oxygen atoms in total. The van der Waals surface area contributed by atoms with E-state index in [2.05, 4.69) is 19.0 Å². The SMILES string of the molecule is COc1cc(N)ccc1C(=O)N1CCCC(N(C)C)C1. The molecule has 0 aliphatic carbocycles. The number of hydrogen-bond acceptors (Lipinski definition) is 4. The van der Waals surface area contributed by atoms with E-state index in [9.17, 15) is 4.79 Å². The summed E-state index contributed by atoms with van der Waals surface area (Å²) in [5.74, 6) is 0.565. The highest BCUT2D eigenvalue weighted by Gasteiger charge is 2.27. The van der Waals surface area contributed by atoms with Gasteiger partial charge >= 0.3 is 0 Å². The molecule has 1 heterocycles. The van der Waals surface area contributed by atoms with Gasteiger partial charge in [0, 0.05) is 30.9 Å². The lowest BCUT2D eigenvalue weighted by Gasteiger charge is -2.36. The predicted molar refractivity (Wildman–Crippen MR) is 80.0 cm³/mol. The fourth-order valence-electron chi connectivity index (χ4n) is 2.62. The summed E-state index contributed by atoms with van der Waals surface area (Å²) in [5.41, 5.74) is 6.92. The molecule has 2 N–H and O–H groups in total. The van der Waals surface area contributed by atoms with E-state index < -0.39 is 0 Å². The molecule has 0 bridgehead atoms. The lowest BCUT2D eigenvalue weighted by atomic mass is 10.0. The van der Waals surface area contributed by atoms with Crippen molar-refractivity contribution in [1.82, 2.24) is 9.80 Å². The number of anilines is 1. The summed E-state index contributed by atoms with van der Waals surface area (Å²) in [4.78, 5) is 16.7. The minimum Gasteiger partial charge on any atom is -0.496 e. The smallest absolute Gasteiger partial charge is 0.257 e. The number of hydrogen-bond donors (Lipinski definition) is 1. The average molecular weight is 277 g/mol. The van der Waals surface area contributed by atoms with Crippen LogP contribution in [0.25, 0.3) is 0 Å². The summed E-state index contributed by atoms with van der Waals surface area (Å²) < 4.78 is 5.27. The van der Waals surface area contributed by atoms with Crippen LogP contribution in [0.5, 0.6) is 5.75 Å². The summed E-state index contributed by atoms with van der Waals surface area (Å²) in [6, 6.07) is 5.60. The van der Waals surface area contributed by atoms with Crippen molar-refractivity contribution in [2.24, 2.45) is 0 Å². The Labute approximate surface area is 120 Å². The third-order valence-corrected chi connectivity index (χ3v) is 3.87. The Morgan fingerprint density at radius 3 is 2.85 bits per heavy atom. The first-order valence-corrected chi connectivity index (χ1v) is 6.92. The maximum absolute atomic E-state index is 12.6. The van der Waals surface area contributed by atoms with Gasteiger partial charge in [0.05, 0.1) is 12.7 Å². The number of carbonyl (C=O) groups excluding carboxylic acids is 1. The van der Waals surface area contributed by atoms with Crippen LogP contribution in [-0.4, -0.2) is 56.0 Å². The number of nitrogens with zero attached hydrogens (tertiary/aromatic N) is 2. The molecule has 1 saturated heterocycles. The molecule has 1 aliphatic heterocycles. The number of nitrogen functional groups attached to an aromatic ring is 1. The molecule has 1 aliphatic rings. The van der Waals surface area contributed by atoms with Gasteiger partial charge in [0.2, 0.25) is 0 Å². The van der Waals surface area contributed by atoms with Crippen molar-refractivity contribution in [3.8, 4) is 5.75 Å². The number of benzene rings is 1. The molecular formula is C15H23N3O2. The molecule has 110 valence electrons. The maximum atomic E-state index is 12.6. The second kappa shape index (κ2) is 6.13. The fourth-order valence-corrected chi connectivity index (χ4v) is 2.62. The monoisotopic (exact) mass is 277 g/mol. The third-order valence-electron chi connectivity index (χ3n) is 3.87. The van der Waals surface area contributed by atoms with Gasteiger partial charge in [0.25, 0.3) is 5.91 Å². The van der Waals surface area contributed by atoms with Crippen molar-refractivity contribution in [2.45, 2.75) is 18.9 Å². The number of ether oxygens (including phenoxy) is 1. The standard InChI is InChI=1S/C15H23N3O2/c1-17(2)12-5-4-8-18(10-12)15(19)13-7-6-11(16)9-14(13)20-3/h6-7,9,12H,4-5,8,10,16H2,1-3H3. The Hall–Kier alpha value is -1.75. The van der Waals surface area contributed by atoms with Gasteiger partial charge in [-0.25, -0.2) is 0 Å². The summed E-state index contributed by atoms with van der Waals surface area (Å²) >= 11 is 0. The Balaban J connectivity index is 2.18. The second-order valence-electron chi connectivity index (χ2n) is 5.47. The van der Waals surface area contributed by atoms with Crippen molar-refractivity contribution >= 4 is 11.6 Å². The van der Waals surface area contributed by atoms with Crippen LogP contribution >= 0.6 is 0 Å². The summed E-state index contributed by atoms with van der Waals surface area (Å²) in [7, 11) is 5.68. The number of amides is 1. The molecule has 5 heteroatoms. The highest BCUT2D eigenvalue weighted by Crippen LogP contribution is 2.25. The first-order chi connectivity index (χ1) is 9.52. The van der Waals surface area contributed by atoms with Gasteiger partial charge in [-0.1, -0.05) is 0 Å². The van der Waals surface area contributed by atoms with Gasteiger partial charge < -0.3 is 20.3 Å². The zero-order valence-electron chi connectivity index (χ0n) is 12.4. The van der Waals surface area contributed by atoms with Crippen LogP contribution in [0.15, 0.2) is 18.2 Å². The van der Waals surface area contributed by atoms with Crippen molar-refractivity contribution in [1.29, 1.82) is 0 Å². The number of likely N-dealkylation sites (tertiary alicyclic amines) is 1. The Bertz CT molecular complexity index is 488. The molecule has 0 radical (unpaired) electrons. The number of piperidine rings is 1. The number of rotatable bonds is 3.